The molecular weight excluding hydrogens is 372 g/mol. The van der Waals surface area contributed by atoms with Crippen LogP contribution in [-0.2, 0) is 5.41 Å². The molecule has 0 atom stereocenters. The van der Waals surface area contributed by atoms with Gasteiger partial charge >= 0.3 is 5.97 Å². The third-order valence-corrected chi connectivity index (χ3v) is 5.56. The van der Waals surface area contributed by atoms with E-state index in [0.717, 1.165) is 27.8 Å². The van der Waals surface area contributed by atoms with Crippen molar-refractivity contribution in [2.24, 2.45) is 0 Å². The van der Waals surface area contributed by atoms with Crippen LogP contribution in [0.5, 0.6) is 5.75 Å². The molecule has 4 rings (SSSR count). The van der Waals surface area contributed by atoms with E-state index < -0.39 is 11.4 Å². The minimum Gasteiger partial charge on any atom is -0.507 e. The molecule has 148 valence electrons. The normalized spacial score (nSPS) is 11.2. The van der Waals surface area contributed by atoms with Crippen LogP contribution in [0.15, 0.2) is 103 Å². The van der Waals surface area contributed by atoms with Gasteiger partial charge in [-0.1, -0.05) is 96.6 Å². The van der Waals surface area contributed by atoms with Crippen molar-refractivity contribution in [2.45, 2.75) is 12.3 Å². The Bertz CT molecular complexity index is 1120. The van der Waals surface area contributed by atoms with E-state index in [1.807, 2.05) is 49.4 Å². The van der Waals surface area contributed by atoms with Crippen molar-refractivity contribution >= 4 is 5.97 Å². The summed E-state index contributed by atoms with van der Waals surface area (Å²) in [4.78, 5) is 11.8. The number of aromatic hydroxyl groups is 1. The van der Waals surface area contributed by atoms with Crippen LogP contribution in [0.3, 0.4) is 0 Å². The van der Waals surface area contributed by atoms with Crippen LogP contribution in [0, 0.1) is 6.92 Å². The number of benzene rings is 4. The van der Waals surface area contributed by atoms with Gasteiger partial charge in [0.05, 0.1) is 5.41 Å². The Morgan fingerprint density at radius 1 is 0.667 bits per heavy atom. The zero-order valence-electron chi connectivity index (χ0n) is 16.6. The Balaban J connectivity index is 2.15. The molecule has 0 saturated heterocycles. The Morgan fingerprint density at radius 2 is 1.13 bits per heavy atom. The van der Waals surface area contributed by atoms with E-state index in [-0.39, 0.29) is 11.3 Å². The predicted octanol–water partition coefficient (Wildman–Crippen LogP) is 5.78. The maximum absolute atomic E-state index is 11.8. The van der Waals surface area contributed by atoms with Crippen LogP contribution in [0.1, 0.15) is 38.2 Å². The van der Waals surface area contributed by atoms with Gasteiger partial charge in [0.2, 0.25) is 0 Å². The SMILES string of the molecule is Cc1ccc(C(c2ccccc2)(c2ccccc2)c2ccc(O)c(C(=O)O)c2)cc1. The van der Waals surface area contributed by atoms with Gasteiger partial charge in [0.1, 0.15) is 11.3 Å². The molecule has 0 spiro atoms. The van der Waals surface area contributed by atoms with Crippen molar-refractivity contribution in [1.29, 1.82) is 0 Å². The highest BCUT2D eigenvalue weighted by atomic mass is 16.4. The molecule has 0 unspecified atom stereocenters. The summed E-state index contributed by atoms with van der Waals surface area (Å²) in [5, 5.41) is 19.8. The van der Waals surface area contributed by atoms with Gasteiger partial charge in [-0.05, 0) is 41.3 Å². The molecule has 2 N–H and O–H groups in total. The van der Waals surface area contributed by atoms with Gasteiger partial charge in [-0.25, -0.2) is 4.79 Å². The average Bonchev–Trinajstić information content (AvgIpc) is 2.78. The molecule has 0 heterocycles. The van der Waals surface area contributed by atoms with Crippen molar-refractivity contribution in [3.8, 4) is 5.75 Å². The highest BCUT2D eigenvalue weighted by Gasteiger charge is 2.38. The van der Waals surface area contributed by atoms with Crippen LogP contribution in [0.25, 0.3) is 0 Å². The summed E-state index contributed by atoms with van der Waals surface area (Å²) in [6.45, 7) is 2.04. The number of carboxylic acids is 1. The highest BCUT2D eigenvalue weighted by Crippen LogP contribution is 2.45. The maximum Gasteiger partial charge on any atom is 0.339 e. The van der Waals surface area contributed by atoms with Gasteiger partial charge in [0.25, 0.3) is 0 Å². The zero-order valence-corrected chi connectivity index (χ0v) is 16.6. The third-order valence-electron chi connectivity index (χ3n) is 5.56. The lowest BCUT2D eigenvalue weighted by Crippen LogP contribution is -2.31. The molecule has 0 aliphatic heterocycles. The first kappa shape index (κ1) is 19.5. The lowest BCUT2D eigenvalue weighted by Gasteiger charge is -2.37. The van der Waals surface area contributed by atoms with Crippen LogP contribution < -0.4 is 0 Å². The van der Waals surface area contributed by atoms with Crippen molar-refractivity contribution in [3.63, 3.8) is 0 Å². The summed E-state index contributed by atoms with van der Waals surface area (Å²) >= 11 is 0. The Hall–Kier alpha value is -3.85. The fourth-order valence-corrected chi connectivity index (χ4v) is 4.12. The molecule has 0 amide bonds. The van der Waals surface area contributed by atoms with E-state index >= 15 is 0 Å². The molecule has 3 heteroatoms. The van der Waals surface area contributed by atoms with E-state index in [0.29, 0.717) is 0 Å². The molecule has 4 aromatic carbocycles. The average molecular weight is 394 g/mol. The number of aryl methyl sites for hydroxylation is 1. The van der Waals surface area contributed by atoms with Crippen molar-refractivity contribution < 1.29 is 15.0 Å². The second-order valence-electron chi connectivity index (χ2n) is 7.39. The Kier molecular flexibility index (Phi) is 5.11. The highest BCUT2D eigenvalue weighted by molar-refractivity contribution is 5.91. The van der Waals surface area contributed by atoms with E-state index in [9.17, 15) is 15.0 Å². The smallest absolute Gasteiger partial charge is 0.339 e. The molecule has 0 aliphatic carbocycles. The summed E-state index contributed by atoms with van der Waals surface area (Å²) in [7, 11) is 0. The van der Waals surface area contributed by atoms with Gasteiger partial charge in [-0.2, -0.15) is 0 Å². The van der Waals surface area contributed by atoms with E-state index in [2.05, 4.69) is 48.5 Å². The molecule has 0 aliphatic rings. The molecule has 3 nitrogen and oxygen atoms in total. The molecule has 0 saturated carbocycles. The van der Waals surface area contributed by atoms with Gasteiger partial charge in [0, 0.05) is 0 Å². The summed E-state index contributed by atoms with van der Waals surface area (Å²) < 4.78 is 0. The van der Waals surface area contributed by atoms with E-state index in [1.54, 1.807) is 6.07 Å². The van der Waals surface area contributed by atoms with E-state index in [4.69, 9.17) is 0 Å². The molecule has 0 aromatic heterocycles. The van der Waals surface area contributed by atoms with Crippen molar-refractivity contribution in [1.82, 2.24) is 0 Å². The lowest BCUT2D eigenvalue weighted by atomic mass is 9.65. The molecule has 4 aromatic rings. The molecule has 0 radical (unpaired) electrons. The topological polar surface area (TPSA) is 57.5 Å². The second kappa shape index (κ2) is 7.88. The Labute approximate surface area is 175 Å². The van der Waals surface area contributed by atoms with Crippen LogP contribution >= 0.6 is 0 Å². The summed E-state index contributed by atoms with van der Waals surface area (Å²) in [6, 6.07) is 33.3. The van der Waals surface area contributed by atoms with Crippen molar-refractivity contribution in [2.75, 3.05) is 0 Å². The van der Waals surface area contributed by atoms with E-state index in [1.165, 1.54) is 6.07 Å². The molecular formula is C27H22O3. The first-order chi connectivity index (χ1) is 14.5. The van der Waals surface area contributed by atoms with Crippen molar-refractivity contribution in [3.05, 3.63) is 137 Å². The Morgan fingerprint density at radius 3 is 1.63 bits per heavy atom. The van der Waals surface area contributed by atoms with Gasteiger partial charge < -0.3 is 10.2 Å². The zero-order chi connectivity index (χ0) is 21.1. The minimum absolute atomic E-state index is 0.115. The third kappa shape index (κ3) is 3.25. The molecule has 0 bridgehead atoms. The van der Waals surface area contributed by atoms with Crippen LogP contribution in [-0.4, -0.2) is 16.2 Å². The standard InChI is InChI=1S/C27H22O3/c1-19-12-14-22(15-13-19)27(20-8-4-2-5-9-20,21-10-6-3-7-11-21)23-16-17-25(28)24(18-23)26(29)30/h2-18,28H,1H3,(H,29,30). The van der Waals surface area contributed by atoms with Crippen LogP contribution in [0.2, 0.25) is 0 Å². The number of rotatable bonds is 5. The maximum atomic E-state index is 11.8. The molecule has 0 fully saturated rings. The summed E-state index contributed by atoms with van der Waals surface area (Å²) in [6.07, 6.45) is 0. The minimum atomic E-state index is -1.16. The fourth-order valence-electron chi connectivity index (χ4n) is 4.12. The van der Waals surface area contributed by atoms with Gasteiger partial charge in [-0.15, -0.1) is 0 Å². The largest absolute Gasteiger partial charge is 0.507 e. The van der Waals surface area contributed by atoms with Gasteiger partial charge in [-0.3, -0.25) is 0 Å². The fraction of sp³-hybridized carbons (Fsp3) is 0.0741. The van der Waals surface area contributed by atoms with Crippen LogP contribution in [0.4, 0.5) is 0 Å². The number of carboxylic acid groups (broad SMARTS) is 1. The lowest BCUT2D eigenvalue weighted by molar-refractivity contribution is 0.0693. The first-order valence-electron chi connectivity index (χ1n) is 9.78. The predicted molar refractivity (Wildman–Crippen MR) is 118 cm³/mol. The number of aromatic carboxylic acids is 1. The summed E-state index contributed by atoms with van der Waals surface area (Å²) in [5.41, 5.74) is 4.12. The number of carbonyl (C=O) groups is 1. The monoisotopic (exact) mass is 394 g/mol. The first-order valence-corrected chi connectivity index (χ1v) is 9.78. The second-order valence-corrected chi connectivity index (χ2v) is 7.39. The molecule has 30 heavy (non-hydrogen) atoms. The summed E-state index contributed by atoms with van der Waals surface area (Å²) in [5.74, 6) is -1.40. The van der Waals surface area contributed by atoms with Gasteiger partial charge in [0.15, 0.2) is 0 Å². The quantitative estimate of drug-likeness (QED) is 0.422. The number of phenols is 1. The number of hydrogen-bond donors (Lipinski definition) is 2. The number of hydrogen-bond acceptors (Lipinski definition) is 2.